The molecule has 0 radical (unpaired) electrons. The van der Waals surface area contributed by atoms with Crippen molar-refractivity contribution in [3.8, 4) is 11.1 Å². The molecule has 150 valence electrons. The van der Waals surface area contributed by atoms with Crippen molar-refractivity contribution in [2.45, 2.75) is 18.9 Å². The Hall–Kier alpha value is -2.12. The molecule has 0 saturated heterocycles. The number of rotatable bonds is 7. The molecule has 0 aliphatic carbocycles. The third-order valence-electron chi connectivity index (χ3n) is 4.42. The van der Waals surface area contributed by atoms with Gasteiger partial charge in [0.2, 0.25) is 0 Å². The standard InChI is InChI=1S/C20H22ClFN4O.ClH/c21-16-8-12(5-6-17(16)22)13-3-4-14-10-19(26-18(14)9-13)20(27)25-11-15(24)2-1-7-23;/h3-6,8-10,15,26H,1-2,7,11,23-24H2,(H,25,27);1H/t15-;/m0./s1. The van der Waals surface area contributed by atoms with E-state index < -0.39 is 5.82 Å². The summed E-state index contributed by atoms with van der Waals surface area (Å²) in [7, 11) is 0. The maximum atomic E-state index is 13.4. The molecule has 0 aliphatic rings. The van der Waals surface area contributed by atoms with Crippen LogP contribution in [0.25, 0.3) is 22.0 Å². The van der Waals surface area contributed by atoms with Crippen molar-refractivity contribution in [2.24, 2.45) is 11.5 Å². The lowest BCUT2D eigenvalue weighted by molar-refractivity contribution is 0.0946. The lowest BCUT2D eigenvalue weighted by Gasteiger charge is -2.11. The highest BCUT2D eigenvalue weighted by Gasteiger charge is 2.12. The molecule has 3 aromatic rings. The minimum absolute atomic E-state index is 0. The molecule has 5 nitrogen and oxygen atoms in total. The Morgan fingerprint density at radius 1 is 1.18 bits per heavy atom. The van der Waals surface area contributed by atoms with Crippen LogP contribution in [0.4, 0.5) is 4.39 Å². The Bertz CT molecular complexity index is 961. The molecule has 0 bridgehead atoms. The Kier molecular flexibility index (Phi) is 7.83. The summed E-state index contributed by atoms with van der Waals surface area (Å²) in [5.41, 5.74) is 14.4. The van der Waals surface area contributed by atoms with Gasteiger partial charge in [0.1, 0.15) is 11.5 Å². The number of H-pyrrole nitrogens is 1. The number of carbonyl (C=O) groups excluding carboxylic acids is 1. The molecule has 2 aromatic carbocycles. The van der Waals surface area contributed by atoms with Crippen LogP contribution in [0.15, 0.2) is 42.5 Å². The summed E-state index contributed by atoms with van der Waals surface area (Å²) in [6.07, 6.45) is 1.60. The summed E-state index contributed by atoms with van der Waals surface area (Å²) >= 11 is 5.87. The van der Waals surface area contributed by atoms with Gasteiger partial charge in [-0.25, -0.2) is 4.39 Å². The number of fused-ring (bicyclic) bond motifs is 1. The minimum atomic E-state index is -0.454. The number of aromatic nitrogens is 1. The first-order chi connectivity index (χ1) is 13.0. The van der Waals surface area contributed by atoms with Crippen molar-refractivity contribution < 1.29 is 9.18 Å². The van der Waals surface area contributed by atoms with E-state index in [1.807, 2.05) is 18.2 Å². The van der Waals surface area contributed by atoms with Crippen molar-refractivity contribution in [1.29, 1.82) is 0 Å². The van der Waals surface area contributed by atoms with E-state index in [2.05, 4.69) is 10.3 Å². The molecule has 0 unspecified atom stereocenters. The Labute approximate surface area is 174 Å². The summed E-state index contributed by atoms with van der Waals surface area (Å²) in [6, 6.07) is 12.0. The van der Waals surface area contributed by atoms with Crippen molar-refractivity contribution in [1.82, 2.24) is 10.3 Å². The Morgan fingerprint density at radius 3 is 2.61 bits per heavy atom. The maximum absolute atomic E-state index is 13.4. The second kappa shape index (κ2) is 9.89. The van der Waals surface area contributed by atoms with E-state index in [1.165, 1.54) is 6.07 Å². The quantitative estimate of drug-likeness (QED) is 0.463. The van der Waals surface area contributed by atoms with Gasteiger partial charge in [-0.2, -0.15) is 0 Å². The van der Waals surface area contributed by atoms with E-state index >= 15 is 0 Å². The third kappa shape index (κ3) is 5.23. The average molecular weight is 425 g/mol. The predicted octanol–water partition coefficient (Wildman–Crippen LogP) is 3.85. The first-order valence-corrected chi connectivity index (χ1v) is 9.18. The normalized spacial score (nSPS) is 11.9. The van der Waals surface area contributed by atoms with Crippen LogP contribution in [0.5, 0.6) is 0 Å². The molecule has 8 heteroatoms. The molecule has 1 amide bonds. The maximum Gasteiger partial charge on any atom is 0.267 e. The van der Waals surface area contributed by atoms with E-state index in [1.54, 1.807) is 18.2 Å². The van der Waals surface area contributed by atoms with Crippen LogP contribution >= 0.6 is 24.0 Å². The number of hydrogen-bond acceptors (Lipinski definition) is 3. The fraction of sp³-hybridized carbons (Fsp3) is 0.250. The molecule has 3 rings (SSSR count). The van der Waals surface area contributed by atoms with Crippen molar-refractivity contribution >= 4 is 40.8 Å². The zero-order valence-electron chi connectivity index (χ0n) is 15.2. The third-order valence-corrected chi connectivity index (χ3v) is 4.71. The van der Waals surface area contributed by atoms with Gasteiger partial charge in [0.15, 0.2) is 0 Å². The van der Waals surface area contributed by atoms with Gasteiger partial charge in [-0.05, 0) is 54.8 Å². The first kappa shape index (κ1) is 22.2. The number of carbonyl (C=O) groups is 1. The molecule has 1 heterocycles. The number of amides is 1. The number of halogens is 3. The SMILES string of the molecule is Cl.NCCC[C@H](N)CNC(=O)c1cc2ccc(-c3ccc(F)c(Cl)c3)cc2[nH]1. The highest BCUT2D eigenvalue weighted by molar-refractivity contribution is 6.31. The van der Waals surface area contributed by atoms with Crippen LogP contribution in [0.1, 0.15) is 23.3 Å². The van der Waals surface area contributed by atoms with Gasteiger partial charge in [0, 0.05) is 23.5 Å². The van der Waals surface area contributed by atoms with Crippen LogP contribution in [0.3, 0.4) is 0 Å². The number of nitrogens with one attached hydrogen (secondary N) is 2. The molecule has 0 aliphatic heterocycles. The molecule has 0 spiro atoms. The smallest absolute Gasteiger partial charge is 0.267 e. The number of aromatic amines is 1. The van der Waals surface area contributed by atoms with Crippen LogP contribution in [0.2, 0.25) is 5.02 Å². The zero-order valence-corrected chi connectivity index (χ0v) is 16.7. The molecule has 0 fully saturated rings. The fourth-order valence-electron chi connectivity index (χ4n) is 2.91. The van der Waals surface area contributed by atoms with Crippen LogP contribution in [-0.4, -0.2) is 30.0 Å². The predicted molar refractivity (Wildman–Crippen MR) is 115 cm³/mol. The summed E-state index contributed by atoms with van der Waals surface area (Å²) in [6.45, 7) is 0.985. The van der Waals surface area contributed by atoms with Gasteiger partial charge in [0.25, 0.3) is 5.91 Å². The topological polar surface area (TPSA) is 96.9 Å². The van der Waals surface area contributed by atoms with Crippen LogP contribution in [0, 0.1) is 5.82 Å². The van der Waals surface area contributed by atoms with Crippen LogP contribution in [-0.2, 0) is 0 Å². The number of hydrogen-bond donors (Lipinski definition) is 4. The molecule has 0 saturated carbocycles. The molecule has 1 atom stereocenters. The van der Waals surface area contributed by atoms with Crippen molar-refractivity contribution in [2.75, 3.05) is 13.1 Å². The Balaban J connectivity index is 0.00000280. The lowest BCUT2D eigenvalue weighted by atomic mass is 10.0. The van der Waals surface area contributed by atoms with Gasteiger partial charge >= 0.3 is 0 Å². The first-order valence-electron chi connectivity index (χ1n) is 8.80. The van der Waals surface area contributed by atoms with E-state index in [0.29, 0.717) is 18.8 Å². The van der Waals surface area contributed by atoms with E-state index in [-0.39, 0.29) is 29.4 Å². The van der Waals surface area contributed by atoms with Crippen molar-refractivity contribution in [3.05, 3.63) is 59.0 Å². The molecular formula is C20H23Cl2FN4O. The van der Waals surface area contributed by atoms with Gasteiger partial charge in [-0.1, -0.05) is 29.8 Å². The molecule has 28 heavy (non-hydrogen) atoms. The van der Waals surface area contributed by atoms with Gasteiger partial charge in [-0.15, -0.1) is 12.4 Å². The highest BCUT2D eigenvalue weighted by Crippen LogP contribution is 2.28. The molecular weight excluding hydrogens is 402 g/mol. The number of benzene rings is 2. The van der Waals surface area contributed by atoms with Gasteiger partial charge in [-0.3, -0.25) is 4.79 Å². The summed E-state index contributed by atoms with van der Waals surface area (Å²) < 4.78 is 13.4. The Morgan fingerprint density at radius 2 is 1.89 bits per heavy atom. The summed E-state index contributed by atoms with van der Waals surface area (Å²) in [5.74, 6) is -0.661. The highest BCUT2D eigenvalue weighted by atomic mass is 35.5. The molecule has 1 aromatic heterocycles. The van der Waals surface area contributed by atoms with E-state index in [4.69, 9.17) is 23.1 Å². The van der Waals surface area contributed by atoms with E-state index in [0.717, 1.165) is 34.9 Å². The average Bonchev–Trinajstić information content (AvgIpc) is 3.10. The van der Waals surface area contributed by atoms with Gasteiger partial charge in [0.05, 0.1) is 5.02 Å². The largest absolute Gasteiger partial charge is 0.351 e. The van der Waals surface area contributed by atoms with Gasteiger partial charge < -0.3 is 21.8 Å². The zero-order chi connectivity index (χ0) is 19.4. The second-order valence-electron chi connectivity index (χ2n) is 6.51. The lowest BCUT2D eigenvalue weighted by Crippen LogP contribution is -2.37. The van der Waals surface area contributed by atoms with Crippen molar-refractivity contribution in [3.63, 3.8) is 0 Å². The molecule has 6 N–H and O–H groups in total. The second-order valence-corrected chi connectivity index (χ2v) is 6.92. The summed E-state index contributed by atoms with van der Waals surface area (Å²) in [5, 5.41) is 3.81. The van der Waals surface area contributed by atoms with Crippen LogP contribution < -0.4 is 16.8 Å². The minimum Gasteiger partial charge on any atom is -0.351 e. The number of nitrogens with two attached hydrogens (primary N) is 2. The summed E-state index contributed by atoms with van der Waals surface area (Å²) in [4.78, 5) is 15.5. The van der Waals surface area contributed by atoms with E-state index in [9.17, 15) is 9.18 Å². The monoisotopic (exact) mass is 424 g/mol. The fourth-order valence-corrected chi connectivity index (χ4v) is 3.09.